The normalized spacial score (nSPS) is 9.92. The average molecular weight is 358 g/mol. The second kappa shape index (κ2) is 9.93. The van der Waals surface area contributed by atoms with Crippen LogP contribution in [-0.4, -0.2) is 38.9 Å². The van der Waals surface area contributed by atoms with E-state index in [-0.39, 0.29) is 6.03 Å². The van der Waals surface area contributed by atoms with E-state index in [1.165, 1.54) is 0 Å². The van der Waals surface area contributed by atoms with Crippen LogP contribution in [-0.2, 0) is 4.74 Å². The summed E-state index contributed by atoms with van der Waals surface area (Å²) in [4.78, 5) is 23.4. The van der Waals surface area contributed by atoms with E-state index in [0.29, 0.717) is 42.5 Å². The van der Waals surface area contributed by atoms with Crippen LogP contribution >= 0.6 is 0 Å². The van der Waals surface area contributed by atoms with E-state index < -0.39 is 5.97 Å². The Hall–Kier alpha value is -3.22. The fourth-order valence-electron chi connectivity index (χ4n) is 2.14. The molecule has 0 fully saturated rings. The van der Waals surface area contributed by atoms with Gasteiger partial charge in [-0.15, -0.1) is 0 Å². The van der Waals surface area contributed by atoms with Crippen molar-refractivity contribution in [2.75, 3.05) is 32.2 Å². The molecule has 7 nitrogen and oxygen atoms in total. The van der Waals surface area contributed by atoms with Crippen LogP contribution < -0.4 is 20.1 Å². The van der Waals surface area contributed by atoms with Crippen molar-refractivity contribution < 1.29 is 23.8 Å². The highest BCUT2D eigenvalue weighted by Gasteiger charge is 2.07. The van der Waals surface area contributed by atoms with Gasteiger partial charge < -0.3 is 24.8 Å². The van der Waals surface area contributed by atoms with Crippen molar-refractivity contribution in [3.05, 3.63) is 54.1 Å². The van der Waals surface area contributed by atoms with E-state index in [0.717, 1.165) is 0 Å². The second-order valence-electron chi connectivity index (χ2n) is 5.18. The fraction of sp³-hybridized carbons (Fsp3) is 0.263. The lowest BCUT2D eigenvalue weighted by atomic mass is 10.2. The number of esters is 1. The number of amides is 2. The van der Waals surface area contributed by atoms with Gasteiger partial charge in [0, 0.05) is 5.69 Å². The highest BCUT2D eigenvalue weighted by atomic mass is 16.5. The Morgan fingerprint density at radius 1 is 1.00 bits per heavy atom. The zero-order valence-electron chi connectivity index (χ0n) is 14.8. The van der Waals surface area contributed by atoms with Gasteiger partial charge in [0.2, 0.25) is 0 Å². The molecule has 0 unspecified atom stereocenters. The first-order valence-corrected chi connectivity index (χ1v) is 8.22. The van der Waals surface area contributed by atoms with Crippen molar-refractivity contribution in [3.63, 3.8) is 0 Å². The molecule has 7 heteroatoms. The number of anilines is 1. The molecular formula is C19H22N2O5. The van der Waals surface area contributed by atoms with Crippen LogP contribution in [0.3, 0.4) is 0 Å². The van der Waals surface area contributed by atoms with E-state index >= 15 is 0 Å². The number of nitrogens with one attached hydrogen (secondary N) is 2. The van der Waals surface area contributed by atoms with Gasteiger partial charge in [0.1, 0.15) is 6.61 Å². The summed E-state index contributed by atoms with van der Waals surface area (Å²) in [7, 11) is 1.57. The van der Waals surface area contributed by atoms with Crippen LogP contribution in [0.2, 0.25) is 0 Å². The lowest BCUT2D eigenvalue weighted by Crippen LogP contribution is -2.32. The summed E-state index contributed by atoms with van der Waals surface area (Å²) >= 11 is 0. The van der Waals surface area contributed by atoms with E-state index in [2.05, 4.69) is 10.6 Å². The molecule has 2 amide bonds. The monoisotopic (exact) mass is 358 g/mol. The Morgan fingerprint density at radius 3 is 2.35 bits per heavy atom. The SMILES string of the molecule is CCOC(=O)c1ccc(NC(=O)NCCOc2ccccc2OC)cc1. The molecule has 26 heavy (non-hydrogen) atoms. The first-order chi connectivity index (χ1) is 12.6. The number of ether oxygens (including phenoxy) is 3. The van der Waals surface area contributed by atoms with E-state index in [9.17, 15) is 9.59 Å². The van der Waals surface area contributed by atoms with Crippen molar-refractivity contribution in [1.29, 1.82) is 0 Å². The Labute approximate surface area is 152 Å². The minimum atomic E-state index is -0.392. The summed E-state index contributed by atoms with van der Waals surface area (Å²) in [6, 6.07) is 13.4. The van der Waals surface area contributed by atoms with E-state index in [1.54, 1.807) is 50.4 Å². The predicted molar refractivity (Wildman–Crippen MR) is 97.9 cm³/mol. The second-order valence-corrected chi connectivity index (χ2v) is 5.18. The molecule has 0 aliphatic carbocycles. The van der Waals surface area contributed by atoms with Gasteiger partial charge in [-0.1, -0.05) is 12.1 Å². The van der Waals surface area contributed by atoms with Crippen LogP contribution in [0, 0.1) is 0 Å². The molecular weight excluding hydrogens is 336 g/mol. The topological polar surface area (TPSA) is 85.9 Å². The Kier molecular flexibility index (Phi) is 7.30. The molecule has 2 N–H and O–H groups in total. The summed E-state index contributed by atoms with van der Waals surface area (Å²) < 4.78 is 15.7. The zero-order chi connectivity index (χ0) is 18.8. The van der Waals surface area contributed by atoms with E-state index in [4.69, 9.17) is 14.2 Å². The molecule has 0 aliphatic heterocycles. The minimum absolute atomic E-state index is 0.301. The number of methoxy groups -OCH3 is 1. The highest BCUT2D eigenvalue weighted by molar-refractivity contribution is 5.92. The number of carbonyl (C=O) groups is 2. The van der Waals surface area contributed by atoms with Crippen LogP contribution in [0.5, 0.6) is 11.5 Å². The number of carbonyl (C=O) groups excluding carboxylic acids is 2. The molecule has 0 saturated heterocycles. The summed E-state index contributed by atoms with van der Waals surface area (Å²) in [6.07, 6.45) is 0. The summed E-state index contributed by atoms with van der Waals surface area (Å²) in [5.74, 6) is 0.863. The van der Waals surface area contributed by atoms with Crippen LogP contribution in [0.15, 0.2) is 48.5 Å². The van der Waals surface area contributed by atoms with Gasteiger partial charge in [0.25, 0.3) is 0 Å². The molecule has 138 valence electrons. The van der Waals surface area contributed by atoms with Gasteiger partial charge in [-0.2, -0.15) is 0 Å². The molecule has 0 aliphatic rings. The van der Waals surface area contributed by atoms with Gasteiger partial charge in [-0.05, 0) is 43.3 Å². The van der Waals surface area contributed by atoms with Gasteiger partial charge >= 0.3 is 12.0 Å². The van der Waals surface area contributed by atoms with Crippen LogP contribution in [0.4, 0.5) is 10.5 Å². The maximum Gasteiger partial charge on any atom is 0.338 e. The summed E-state index contributed by atoms with van der Waals surface area (Å²) in [5, 5.41) is 5.37. The lowest BCUT2D eigenvalue weighted by molar-refractivity contribution is 0.0526. The Bertz CT molecular complexity index is 731. The highest BCUT2D eigenvalue weighted by Crippen LogP contribution is 2.25. The number of hydrogen-bond acceptors (Lipinski definition) is 5. The maximum absolute atomic E-state index is 11.9. The van der Waals surface area contributed by atoms with Crippen molar-refractivity contribution in [3.8, 4) is 11.5 Å². The molecule has 0 aromatic heterocycles. The smallest absolute Gasteiger partial charge is 0.338 e. The molecule has 0 atom stereocenters. The molecule has 0 spiro atoms. The summed E-state index contributed by atoms with van der Waals surface area (Å²) in [6.45, 7) is 2.69. The van der Waals surface area contributed by atoms with Gasteiger partial charge in [0.15, 0.2) is 11.5 Å². The molecule has 0 saturated carbocycles. The molecule has 2 rings (SSSR count). The average Bonchev–Trinajstić information content (AvgIpc) is 2.66. The predicted octanol–water partition coefficient (Wildman–Crippen LogP) is 3.07. The molecule has 2 aromatic rings. The third-order valence-electron chi connectivity index (χ3n) is 3.37. The Morgan fingerprint density at radius 2 is 1.69 bits per heavy atom. The number of benzene rings is 2. The van der Waals surface area contributed by atoms with Gasteiger partial charge in [-0.25, -0.2) is 9.59 Å². The lowest BCUT2D eigenvalue weighted by Gasteiger charge is -2.11. The maximum atomic E-state index is 11.9. The van der Waals surface area contributed by atoms with Crippen molar-refractivity contribution in [1.82, 2.24) is 5.32 Å². The number of hydrogen-bond donors (Lipinski definition) is 2. The van der Waals surface area contributed by atoms with Crippen molar-refractivity contribution in [2.45, 2.75) is 6.92 Å². The number of rotatable bonds is 8. The number of urea groups is 1. The molecule has 0 radical (unpaired) electrons. The third-order valence-corrected chi connectivity index (χ3v) is 3.37. The van der Waals surface area contributed by atoms with Crippen molar-refractivity contribution >= 4 is 17.7 Å². The molecule has 2 aromatic carbocycles. The fourth-order valence-corrected chi connectivity index (χ4v) is 2.14. The standard InChI is InChI=1S/C19H22N2O5/c1-3-25-18(22)14-8-10-15(11-9-14)21-19(23)20-12-13-26-17-7-5-4-6-16(17)24-2/h4-11H,3,12-13H2,1-2H3,(H2,20,21,23). The first-order valence-electron chi connectivity index (χ1n) is 8.22. The quantitative estimate of drug-likeness (QED) is 0.559. The van der Waals surface area contributed by atoms with Crippen LogP contribution in [0.1, 0.15) is 17.3 Å². The van der Waals surface area contributed by atoms with Gasteiger partial charge in [0.05, 0.1) is 25.8 Å². The first kappa shape index (κ1) is 19.1. The number of para-hydroxylation sites is 2. The van der Waals surface area contributed by atoms with Crippen molar-refractivity contribution in [2.24, 2.45) is 0 Å². The molecule has 0 heterocycles. The van der Waals surface area contributed by atoms with Crippen LogP contribution in [0.25, 0.3) is 0 Å². The van der Waals surface area contributed by atoms with E-state index in [1.807, 2.05) is 12.1 Å². The largest absolute Gasteiger partial charge is 0.493 e. The zero-order valence-corrected chi connectivity index (χ0v) is 14.8. The Balaban J connectivity index is 1.74. The minimum Gasteiger partial charge on any atom is -0.493 e. The third kappa shape index (κ3) is 5.70. The molecule has 0 bridgehead atoms. The van der Waals surface area contributed by atoms with Gasteiger partial charge in [-0.3, -0.25) is 0 Å². The summed E-state index contributed by atoms with van der Waals surface area (Å²) in [5.41, 5.74) is 1.00.